The summed E-state index contributed by atoms with van der Waals surface area (Å²) < 4.78 is 5.30. The summed E-state index contributed by atoms with van der Waals surface area (Å²) in [5, 5.41) is 3.27. The van der Waals surface area contributed by atoms with Crippen LogP contribution in [0.3, 0.4) is 0 Å². The lowest BCUT2D eigenvalue weighted by Gasteiger charge is -2.20. The van der Waals surface area contributed by atoms with Gasteiger partial charge in [-0.15, -0.1) is 0 Å². The van der Waals surface area contributed by atoms with Crippen molar-refractivity contribution in [2.75, 3.05) is 23.3 Å². The fourth-order valence-electron chi connectivity index (χ4n) is 2.46. The van der Waals surface area contributed by atoms with Crippen LogP contribution in [0.1, 0.15) is 31.4 Å². The number of hydrogen-bond donors (Lipinski definition) is 1. The molecule has 1 N–H and O–H groups in total. The van der Waals surface area contributed by atoms with Gasteiger partial charge in [-0.2, -0.15) is 4.98 Å². The second-order valence-electron chi connectivity index (χ2n) is 5.08. The molecule has 0 bridgehead atoms. The molecule has 1 fully saturated rings. The lowest BCUT2D eigenvalue weighted by atomic mass is 10.2. The molecule has 3 heterocycles. The molecule has 0 atom stereocenters. The smallest absolute Gasteiger partial charge is 0.227 e. The van der Waals surface area contributed by atoms with Crippen molar-refractivity contribution in [2.24, 2.45) is 0 Å². The first kappa shape index (κ1) is 13.0. The van der Waals surface area contributed by atoms with E-state index in [9.17, 15) is 0 Å². The molecule has 106 valence electrons. The van der Waals surface area contributed by atoms with E-state index in [0.29, 0.717) is 6.54 Å². The molecule has 0 unspecified atom stereocenters. The first-order chi connectivity index (χ1) is 9.92. The van der Waals surface area contributed by atoms with E-state index in [-0.39, 0.29) is 0 Å². The zero-order valence-corrected chi connectivity index (χ0v) is 11.6. The quantitative estimate of drug-likeness (QED) is 0.927. The number of nitrogens with zero attached hydrogens (tertiary/aromatic N) is 3. The Kier molecular flexibility index (Phi) is 4.16. The molecule has 0 aromatic carbocycles. The van der Waals surface area contributed by atoms with E-state index in [1.807, 2.05) is 24.4 Å². The van der Waals surface area contributed by atoms with Crippen LogP contribution in [0, 0.1) is 0 Å². The Bertz CT molecular complexity index is 518. The molecule has 1 saturated heterocycles. The maximum atomic E-state index is 5.30. The molecular weight excluding hydrogens is 252 g/mol. The van der Waals surface area contributed by atoms with Crippen molar-refractivity contribution < 1.29 is 4.42 Å². The minimum atomic E-state index is 0.642. The van der Waals surface area contributed by atoms with Gasteiger partial charge in [0.1, 0.15) is 11.6 Å². The Morgan fingerprint density at radius 2 is 2.00 bits per heavy atom. The summed E-state index contributed by atoms with van der Waals surface area (Å²) in [5.41, 5.74) is 0. The predicted molar refractivity (Wildman–Crippen MR) is 78.7 cm³/mol. The van der Waals surface area contributed by atoms with Gasteiger partial charge in [-0.1, -0.05) is 12.8 Å². The monoisotopic (exact) mass is 272 g/mol. The Morgan fingerprint density at radius 1 is 1.15 bits per heavy atom. The number of hydrogen-bond acceptors (Lipinski definition) is 5. The van der Waals surface area contributed by atoms with Crippen LogP contribution < -0.4 is 10.2 Å². The largest absolute Gasteiger partial charge is 0.467 e. The molecule has 2 aromatic rings. The van der Waals surface area contributed by atoms with E-state index in [0.717, 1.165) is 30.6 Å². The summed E-state index contributed by atoms with van der Waals surface area (Å²) in [6.07, 6.45) is 8.58. The standard InChI is InChI=1S/C15H20N4O/c1-2-4-10-19(9-3-1)15-16-8-7-14(18-15)17-12-13-6-5-11-20-13/h5-8,11H,1-4,9-10,12H2,(H,16,17,18). The van der Waals surface area contributed by atoms with E-state index in [1.165, 1.54) is 25.7 Å². The fourth-order valence-corrected chi connectivity index (χ4v) is 2.46. The normalized spacial score (nSPS) is 15.9. The number of furan rings is 1. The third kappa shape index (κ3) is 3.29. The first-order valence-electron chi connectivity index (χ1n) is 7.26. The SMILES string of the molecule is c1coc(CNc2ccnc(N3CCCCCC3)n2)c1. The van der Waals surface area contributed by atoms with Crippen LogP contribution in [0.5, 0.6) is 0 Å². The molecule has 1 aliphatic heterocycles. The topological polar surface area (TPSA) is 54.2 Å². The molecule has 1 aliphatic rings. The number of anilines is 2. The van der Waals surface area contributed by atoms with Gasteiger partial charge in [0.15, 0.2) is 0 Å². The van der Waals surface area contributed by atoms with Gasteiger partial charge in [0.25, 0.3) is 0 Å². The second kappa shape index (κ2) is 6.41. The zero-order valence-electron chi connectivity index (χ0n) is 11.6. The summed E-state index contributed by atoms with van der Waals surface area (Å²) in [6.45, 7) is 2.76. The number of nitrogens with one attached hydrogen (secondary N) is 1. The summed E-state index contributed by atoms with van der Waals surface area (Å²) in [5.74, 6) is 2.58. The van der Waals surface area contributed by atoms with Crippen LogP contribution in [0.2, 0.25) is 0 Å². The summed E-state index contributed by atoms with van der Waals surface area (Å²) >= 11 is 0. The van der Waals surface area contributed by atoms with Crippen molar-refractivity contribution in [2.45, 2.75) is 32.2 Å². The first-order valence-corrected chi connectivity index (χ1v) is 7.26. The molecule has 0 saturated carbocycles. The van der Waals surface area contributed by atoms with Crippen LogP contribution in [-0.4, -0.2) is 23.1 Å². The molecule has 0 radical (unpaired) electrons. The van der Waals surface area contributed by atoms with E-state index in [1.54, 1.807) is 6.26 Å². The lowest BCUT2D eigenvalue weighted by Crippen LogP contribution is -2.26. The molecule has 0 spiro atoms. The van der Waals surface area contributed by atoms with Crippen molar-refractivity contribution in [3.8, 4) is 0 Å². The Morgan fingerprint density at radius 3 is 2.75 bits per heavy atom. The van der Waals surface area contributed by atoms with E-state index in [4.69, 9.17) is 4.42 Å². The average Bonchev–Trinajstić information content (AvgIpc) is 2.86. The predicted octanol–water partition coefficient (Wildman–Crippen LogP) is 3.06. The Labute approximate surface area is 119 Å². The maximum absolute atomic E-state index is 5.30. The van der Waals surface area contributed by atoms with E-state index < -0.39 is 0 Å². The minimum Gasteiger partial charge on any atom is -0.467 e. The van der Waals surface area contributed by atoms with Gasteiger partial charge < -0.3 is 14.6 Å². The van der Waals surface area contributed by atoms with Gasteiger partial charge in [-0.05, 0) is 31.0 Å². The highest BCUT2D eigenvalue weighted by molar-refractivity contribution is 5.41. The third-order valence-electron chi connectivity index (χ3n) is 3.56. The van der Waals surface area contributed by atoms with Gasteiger partial charge >= 0.3 is 0 Å². The third-order valence-corrected chi connectivity index (χ3v) is 3.56. The van der Waals surface area contributed by atoms with Crippen LogP contribution in [0.15, 0.2) is 35.1 Å². The minimum absolute atomic E-state index is 0.642. The van der Waals surface area contributed by atoms with Gasteiger partial charge in [-0.25, -0.2) is 4.98 Å². The van der Waals surface area contributed by atoms with Gasteiger partial charge in [0, 0.05) is 19.3 Å². The van der Waals surface area contributed by atoms with Crippen molar-refractivity contribution >= 4 is 11.8 Å². The maximum Gasteiger partial charge on any atom is 0.227 e. The summed E-state index contributed by atoms with van der Waals surface area (Å²) in [4.78, 5) is 11.3. The summed E-state index contributed by atoms with van der Waals surface area (Å²) in [6, 6.07) is 5.73. The van der Waals surface area contributed by atoms with Gasteiger partial charge in [0.05, 0.1) is 12.8 Å². The van der Waals surface area contributed by atoms with Crippen LogP contribution in [-0.2, 0) is 6.54 Å². The van der Waals surface area contributed by atoms with Crippen molar-refractivity contribution in [3.05, 3.63) is 36.4 Å². The fraction of sp³-hybridized carbons (Fsp3) is 0.467. The molecule has 0 amide bonds. The molecular formula is C15H20N4O. The van der Waals surface area contributed by atoms with E-state index in [2.05, 4.69) is 20.2 Å². The molecule has 0 aliphatic carbocycles. The van der Waals surface area contributed by atoms with Crippen molar-refractivity contribution in [3.63, 3.8) is 0 Å². The highest BCUT2D eigenvalue weighted by Gasteiger charge is 2.12. The molecule has 2 aromatic heterocycles. The lowest BCUT2D eigenvalue weighted by molar-refractivity contribution is 0.518. The number of rotatable bonds is 4. The van der Waals surface area contributed by atoms with Crippen molar-refractivity contribution in [1.82, 2.24) is 9.97 Å². The Hall–Kier alpha value is -2.04. The second-order valence-corrected chi connectivity index (χ2v) is 5.08. The van der Waals surface area contributed by atoms with Gasteiger partial charge in [0.2, 0.25) is 5.95 Å². The van der Waals surface area contributed by atoms with Crippen molar-refractivity contribution in [1.29, 1.82) is 0 Å². The molecule has 20 heavy (non-hydrogen) atoms. The molecule has 5 nitrogen and oxygen atoms in total. The Balaban J connectivity index is 1.65. The van der Waals surface area contributed by atoms with Crippen LogP contribution in [0.4, 0.5) is 11.8 Å². The highest BCUT2D eigenvalue weighted by atomic mass is 16.3. The zero-order chi connectivity index (χ0) is 13.6. The molecule has 5 heteroatoms. The van der Waals surface area contributed by atoms with E-state index >= 15 is 0 Å². The van der Waals surface area contributed by atoms with Crippen LogP contribution >= 0.6 is 0 Å². The average molecular weight is 272 g/mol. The van der Waals surface area contributed by atoms with Gasteiger partial charge in [-0.3, -0.25) is 0 Å². The van der Waals surface area contributed by atoms with Crippen LogP contribution in [0.25, 0.3) is 0 Å². The highest BCUT2D eigenvalue weighted by Crippen LogP contribution is 2.17. The molecule has 3 rings (SSSR count). The number of aromatic nitrogens is 2. The summed E-state index contributed by atoms with van der Waals surface area (Å²) in [7, 11) is 0.